The second-order valence-electron chi connectivity index (χ2n) is 7.47. The minimum Gasteiger partial charge on any atom is -0.373 e. The quantitative estimate of drug-likeness (QED) is 0.834. The highest BCUT2D eigenvalue weighted by Gasteiger charge is 2.36. The molecule has 0 radical (unpaired) electrons. The first-order chi connectivity index (χ1) is 12.0. The Bertz CT molecular complexity index is 604. The molecule has 1 N–H and O–H groups in total. The Morgan fingerprint density at radius 2 is 2.28 bits per heavy atom. The van der Waals surface area contributed by atoms with Crippen molar-refractivity contribution in [3.05, 3.63) is 42.2 Å². The Kier molecular flexibility index (Phi) is 5.86. The maximum absolute atomic E-state index is 12.7. The first-order valence-corrected chi connectivity index (χ1v) is 9.24. The molecule has 136 valence electrons. The molecule has 0 bridgehead atoms. The van der Waals surface area contributed by atoms with Crippen molar-refractivity contribution in [3.8, 4) is 0 Å². The summed E-state index contributed by atoms with van der Waals surface area (Å²) in [5.41, 5.74) is 2.04. The van der Waals surface area contributed by atoms with Gasteiger partial charge in [-0.2, -0.15) is 0 Å². The van der Waals surface area contributed by atoms with Crippen molar-refractivity contribution in [2.75, 3.05) is 19.7 Å². The molecule has 0 saturated carbocycles. The average Bonchev–Trinajstić information content (AvgIpc) is 3.08. The third-order valence-electron chi connectivity index (χ3n) is 5.34. The van der Waals surface area contributed by atoms with Crippen LogP contribution in [0, 0.1) is 11.8 Å². The second kappa shape index (κ2) is 8.11. The van der Waals surface area contributed by atoms with Crippen LogP contribution in [0.2, 0.25) is 0 Å². The summed E-state index contributed by atoms with van der Waals surface area (Å²) < 4.78 is 5.67. The summed E-state index contributed by atoms with van der Waals surface area (Å²) in [6, 6.07) is 6.27. The standard InChI is InChI=1S/C20H29N3O2/c1-14(2)19-17(8-11-25-19)20(24)22-18-7-10-23(12-15(18)3)13-16-6-4-5-9-21-16/h4-6,9,15,17-19H,1,7-8,10-13H2,2-3H3,(H,22,24)/t15-,17-,18+,19-/m1/s1. The molecule has 25 heavy (non-hydrogen) atoms. The summed E-state index contributed by atoms with van der Waals surface area (Å²) in [5, 5.41) is 3.28. The fourth-order valence-electron chi connectivity index (χ4n) is 3.94. The van der Waals surface area contributed by atoms with Crippen LogP contribution in [0.15, 0.2) is 36.5 Å². The highest BCUT2D eigenvalue weighted by atomic mass is 16.5. The Morgan fingerprint density at radius 1 is 1.44 bits per heavy atom. The first kappa shape index (κ1) is 18.1. The number of rotatable bonds is 5. The highest BCUT2D eigenvalue weighted by Crippen LogP contribution is 2.27. The number of nitrogens with one attached hydrogen (secondary N) is 1. The van der Waals surface area contributed by atoms with Gasteiger partial charge >= 0.3 is 0 Å². The lowest BCUT2D eigenvalue weighted by Crippen LogP contribution is -2.51. The minimum atomic E-state index is -0.125. The number of piperidine rings is 1. The molecule has 0 unspecified atom stereocenters. The highest BCUT2D eigenvalue weighted by molar-refractivity contribution is 5.80. The van der Waals surface area contributed by atoms with Gasteiger partial charge in [-0.3, -0.25) is 14.7 Å². The lowest BCUT2D eigenvalue weighted by Gasteiger charge is -2.37. The molecule has 1 aromatic rings. The van der Waals surface area contributed by atoms with E-state index in [4.69, 9.17) is 4.74 Å². The van der Waals surface area contributed by atoms with Crippen molar-refractivity contribution in [1.82, 2.24) is 15.2 Å². The number of amides is 1. The van der Waals surface area contributed by atoms with Crippen LogP contribution in [0.25, 0.3) is 0 Å². The molecule has 2 saturated heterocycles. The van der Waals surface area contributed by atoms with Gasteiger partial charge in [0.2, 0.25) is 5.91 Å². The minimum absolute atomic E-state index is 0.0868. The van der Waals surface area contributed by atoms with Gasteiger partial charge in [0.25, 0.3) is 0 Å². The topological polar surface area (TPSA) is 54.5 Å². The van der Waals surface area contributed by atoms with Crippen molar-refractivity contribution in [3.63, 3.8) is 0 Å². The van der Waals surface area contributed by atoms with E-state index in [0.717, 1.165) is 43.7 Å². The van der Waals surface area contributed by atoms with Crippen LogP contribution >= 0.6 is 0 Å². The van der Waals surface area contributed by atoms with E-state index in [0.29, 0.717) is 12.5 Å². The number of pyridine rings is 1. The van der Waals surface area contributed by atoms with Crippen molar-refractivity contribution in [1.29, 1.82) is 0 Å². The molecule has 0 aliphatic carbocycles. The van der Waals surface area contributed by atoms with E-state index in [1.54, 1.807) is 0 Å². The van der Waals surface area contributed by atoms with Crippen LogP contribution in [0.1, 0.15) is 32.4 Å². The molecule has 1 aromatic heterocycles. The Hall–Kier alpha value is -1.72. The van der Waals surface area contributed by atoms with E-state index in [1.165, 1.54) is 0 Å². The van der Waals surface area contributed by atoms with Gasteiger partial charge in [-0.25, -0.2) is 0 Å². The van der Waals surface area contributed by atoms with Gasteiger partial charge in [0.15, 0.2) is 0 Å². The van der Waals surface area contributed by atoms with Crippen LogP contribution in [-0.2, 0) is 16.1 Å². The molecule has 2 aliphatic heterocycles. The van der Waals surface area contributed by atoms with Crippen molar-refractivity contribution in [2.45, 2.75) is 45.4 Å². The van der Waals surface area contributed by atoms with Crippen LogP contribution in [0.5, 0.6) is 0 Å². The number of ether oxygens (including phenoxy) is 1. The number of carbonyl (C=O) groups excluding carboxylic acids is 1. The molecular weight excluding hydrogens is 314 g/mol. The van der Waals surface area contributed by atoms with Gasteiger partial charge in [0.05, 0.1) is 17.7 Å². The largest absolute Gasteiger partial charge is 0.373 e. The molecule has 2 fully saturated rings. The van der Waals surface area contributed by atoms with E-state index in [2.05, 4.69) is 34.8 Å². The maximum atomic E-state index is 12.7. The Labute approximate surface area is 150 Å². The molecule has 5 heteroatoms. The second-order valence-corrected chi connectivity index (χ2v) is 7.47. The number of aromatic nitrogens is 1. The summed E-state index contributed by atoms with van der Waals surface area (Å²) in [6.45, 7) is 11.6. The summed E-state index contributed by atoms with van der Waals surface area (Å²) in [5.74, 6) is 0.462. The van der Waals surface area contributed by atoms with Crippen LogP contribution < -0.4 is 5.32 Å². The van der Waals surface area contributed by atoms with Crippen LogP contribution in [0.3, 0.4) is 0 Å². The maximum Gasteiger partial charge on any atom is 0.226 e. The summed E-state index contributed by atoms with van der Waals surface area (Å²) >= 11 is 0. The molecule has 2 aliphatic rings. The van der Waals surface area contributed by atoms with Gasteiger partial charge in [-0.1, -0.05) is 25.1 Å². The van der Waals surface area contributed by atoms with Gasteiger partial charge < -0.3 is 10.1 Å². The molecule has 0 aromatic carbocycles. The SMILES string of the molecule is C=C(C)[C@H]1OCC[C@H]1C(=O)N[C@H]1CCN(Cc2ccccn2)C[C@H]1C. The van der Waals surface area contributed by atoms with Crippen LogP contribution in [0.4, 0.5) is 0 Å². The zero-order valence-electron chi connectivity index (χ0n) is 15.3. The average molecular weight is 343 g/mol. The molecule has 3 heterocycles. The lowest BCUT2D eigenvalue weighted by molar-refractivity contribution is -0.127. The number of nitrogens with zero attached hydrogens (tertiary/aromatic N) is 2. The van der Waals surface area contributed by atoms with Gasteiger partial charge in [-0.15, -0.1) is 0 Å². The zero-order valence-corrected chi connectivity index (χ0v) is 15.3. The summed E-state index contributed by atoms with van der Waals surface area (Å²) in [6.07, 6.45) is 3.48. The smallest absolute Gasteiger partial charge is 0.226 e. The predicted octanol–water partition coefficient (Wildman–Crippen LogP) is 2.39. The fraction of sp³-hybridized carbons (Fsp3) is 0.600. The fourth-order valence-corrected chi connectivity index (χ4v) is 3.94. The van der Waals surface area contributed by atoms with Gasteiger partial charge in [0, 0.05) is 38.5 Å². The third kappa shape index (κ3) is 4.47. The molecule has 0 spiro atoms. The predicted molar refractivity (Wildman–Crippen MR) is 97.9 cm³/mol. The number of likely N-dealkylation sites (tertiary alicyclic amines) is 1. The number of hydrogen-bond acceptors (Lipinski definition) is 4. The number of carbonyl (C=O) groups is 1. The lowest BCUT2D eigenvalue weighted by atomic mass is 9.91. The molecule has 1 amide bonds. The molecule has 5 nitrogen and oxygen atoms in total. The monoisotopic (exact) mass is 343 g/mol. The zero-order chi connectivity index (χ0) is 17.8. The summed E-state index contributed by atoms with van der Waals surface area (Å²) in [7, 11) is 0. The molecule has 4 atom stereocenters. The van der Waals surface area contributed by atoms with Crippen molar-refractivity contribution < 1.29 is 9.53 Å². The third-order valence-corrected chi connectivity index (χ3v) is 5.34. The van der Waals surface area contributed by atoms with Gasteiger partial charge in [-0.05, 0) is 37.8 Å². The number of hydrogen-bond donors (Lipinski definition) is 1. The summed E-state index contributed by atoms with van der Waals surface area (Å²) in [4.78, 5) is 19.5. The normalized spacial score (nSPS) is 30.2. The van der Waals surface area contributed by atoms with Crippen molar-refractivity contribution >= 4 is 5.91 Å². The van der Waals surface area contributed by atoms with Crippen LogP contribution in [-0.4, -0.2) is 47.6 Å². The van der Waals surface area contributed by atoms with E-state index >= 15 is 0 Å². The Morgan fingerprint density at radius 3 is 2.96 bits per heavy atom. The van der Waals surface area contributed by atoms with E-state index in [1.807, 2.05) is 25.3 Å². The van der Waals surface area contributed by atoms with Crippen molar-refractivity contribution in [2.24, 2.45) is 11.8 Å². The van der Waals surface area contributed by atoms with E-state index in [-0.39, 0.29) is 24.0 Å². The van der Waals surface area contributed by atoms with E-state index in [9.17, 15) is 4.79 Å². The molecular formula is C20H29N3O2. The molecule has 3 rings (SSSR count). The first-order valence-electron chi connectivity index (χ1n) is 9.24. The van der Waals surface area contributed by atoms with E-state index < -0.39 is 0 Å². The van der Waals surface area contributed by atoms with Gasteiger partial charge in [0.1, 0.15) is 0 Å². The Balaban J connectivity index is 1.51.